The molecule has 1 aromatic heterocycles. The van der Waals surface area contributed by atoms with Gasteiger partial charge in [-0.3, -0.25) is 9.59 Å². The van der Waals surface area contributed by atoms with Crippen LogP contribution in [0.2, 0.25) is 0 Å². The molecule has 0 aliphatic rings. The number of nitrogens with two attached hydrogens (primary N) is 1. The zero-order valence-electron chi connectivity index (χ0n) is 12.7. The number of carbonyl (C=O) groups excluding carboxylic acids is 2. The van der Waals surface area contributed by atoms with Gasteiger partial charge in [-0.15, -0.1) is 11.3 Å². The zero-order chi connectivity index (χ0) is 16.1. The van der Waals surface area contributed by atoms with Crippen molar-refractivity contribution in [1.82, 2.24) is 0 Å². The Balaban J connectivity index is 1.89. The van der Waals surface area contributed by atoms with Crippen LogP contribution in [-0.4, -0.2) is 25.4 Å². The summed E-state index contributed by atoms with van der Waals surface area (Å²) in [7, 11) is 1.96. The maximum Gasteiger partial charge on any atom is 0.280 e. The first-order chi connectivity index (χ1) is 10.5. The van der Waals surface area contributed by atoms with Crippen LogP contribution in [0.25, 0.3) is 0 Å². The molecule has 6 heteroatoms. The van der Waals surface area contributed by atoms with Crippen molar-refractivity contribution in [3.63, 3.8) is 0 Å². The summed E-state index contributed by atoms with van der Waals surface area (Å²) in [6.07, 6.45) is 0. The summed E-state index contributed by atoms with van der Waals surface area (Å²) in [5, 5.41) is 5.00. The maximum absolute atomic E-state index is 12.1. The van der Waals surface area contributed by atoms with Gasteiger partial charge >= 0.3 is 0 Å². The van der Waals surface area contributed by atoms with E-state index in [0.29, 0.717) is 17.1 Å². The van der Waals surface area contributed by atoms with E-state index < -0.39 is 5.91 Å². The number of amides is 2. The second kappa shape index (κ2) is 7.20. The molecule has 2 amide bonds. The van der Waals surface area contributed by atoms with E-state index >= 15 is 0 Å². The van der Waals surface area contributed by atoms with E-state index in [2.05, 4.69) is 29.6 Å². The molecule has 116 valence electrons. The fourth-order valence-electron chi connectivity index (χ4n) is 2.16. The summed E-state index contributed by atoms with van der Waals surface area (Å²) in [4.78, 5) is 24.4. The molecule has 1 aromatic carbocycles. The first-order valence-corrected chi connectivity index (χ1v) is 7.87. The minimum atomic E-state index is -0.531. The van der Waals surface area contributed by atoms with Gasteiger partial charge in [0.25, 0.3) is 11.8 Å². The number of quaternary nitrogens is 1. The van der Waals surface area contributed by atoms with Crippen LogP contribution >= 0.6 is 11.3 Å². The Hall–Kier alpha value is -2.18. The van der Waals surface area contributed by atoms with Crippen LogP contribution in [0.4, 0.5) is 5.00 Å². The third-order valence-corrected chi connectivity index (χ3v) is 4.10. The Morgan fingerprint density at radius 3 is 2.55 bits per heavy atom. The molecule has 22 heavy (non-hydrogen) atoms. The number of nitrogens with one attached hydrogen (secondary N) is 2. The van der Waals surface area contributed by atoms with E-state index in [1.54, 1.807) is 11.4 Å². The molecular weight excluding hydrogens is 298 g/mol. The Bertz CT molecular complexity index is 664. The minimum Gasteiger partial charge on any atom is -0.366 e. The lowest BCUT2D eigenvalue weighted by atomic mass is 10.1. The highest BCUT2D eigenvalue weighted by Crippen LogP contribution is 2.22. The molecule has 0 spiro atoms. The van der Waals surface area contributed by atoms with Crippen LogP contribution in [0.3, 0.4) is 0 Å². The summed E-state index contributed by atoms with van der Waals surface area (Å²) >= 11 is 1.30. The van der Waals surface area contributed by atoms with Gasteiger partial charge in [-0.25, -0.2) is 0 Å². The first kappa shape index (κ1) is 16.2. The number of rotatable bonds is 6. The van der Waals surface area contributed by atoms with Gasteiger partial charge in [0, 0.05) is 5.56 Å². The van der Waals surface area contributed by atoms with Crippen molar-refractivity contribution in [2.75, 3.05) is 18.9 Å². The Kier molecular flexibility index (Phi) is 5.30. The summed E-state index contributed by atoms with van der Waals surface area (Å²) < 4.78 is 0. The number of primary amides is 1. The molecule has 1 heterocycles. The standard InChI is InChI=1S/C16H19N3O2S/c1-11-3-5-12(6-4-11)9-19(2)10-14(20)18-16-13(15(17)21)7-8-22-16/h3-8H,9-10H2,1-2H3,(H2,17,21)(H,18,20)/p+1. The Labute approximate surface area is 133 Å². The van der Waals surface area contributed by atoms with Crippen molar-refractivity contribution in [2.24, 2.45) is 5.73 Å². The van der Waals surface area contributed by atoms with Crippen LogP contribution in [0.5, 0.6) is 0 Å². The van der Waals surface area contributed by atoms with Gasteiger partial charge in [0.05, 0.1) is 12.6 Å². The van der Waals surface area contributed by atoms with Crippen LogP contribution < -0.4 is 16.0 Å². The SMILES string of the molecule is Cc1ccc(C[NH+](C)CC(=O)Nc2sccc2C(N)=O)cc1. The molecule has 0 aliphatic carbocycles. The lowest BCUT2D eigenvalue weighted by Gasteiger charge is -2.14. The smallest absolute Gasteiger partial charge is 0.280 e. The first-order valence-electron chi connectivity index (χ1n) is 6.99. The second-order valence-corrected chi connectivity index (χ2v) is 6.29. The molecule has 4 N–H and O–H groups in total. The van der Waals surface area contributed by atoms with E-state index in [0.717, 1.165) is 11.4 Å². The van der Waals surface area contributed by atoms with Crippen LogP contribution in [0.15, 0.2) is 35.7 Å². The van der Waals surface area contributed by atoms with Gasteiger partial charge in [0.2, 0.25) is 0 Å². The van der Waals surface area contributed by atoms with Crippen molar-refractivity contribution >= 4 is 28.2 Å². The quantitative estimate of drug-likeness (QED) is 0.737. The monoisotopic (exact) mass is 318 g/mol. The molecule has 0 saturated heterocycles. The number of carbonyl (C=O) groups is 2. The fraction of sp³-hybridized carbons (Fsp3) is 0.250. The fourth-order valence-corrected chi connectivity index (χ4v) is 2.97. The average molecular weight is 318 g/mol. The van der Waals surface area contributed by atoms with Crippen molar-refractivity contribution in [3.05, 3.63) is 52.4 Å². The second-order valence-electron chi connectivity index (χ2n) is 5.37. The minimum absolute atomic E-state index is 0.130. The average Bonchev–Trinajstić information content (AvgIpc) is 2.89. The van der Waals surface area contributed by atoms with Gasteiger partial charge in [-0.2, -0.15) is 0 Å². The molecule has 2 rings (SSSR count). The number of thiophene rings is 1. The largest absolute Gasteiger partial charge is 0.366 e. The molecule has 1 atom stereocenters. The van der Waals surface area contributed by atoms with E-state index in [4.69, 9.17) is 5.73 Å². The number of hydrogen-bond donors (Lipinski definition) is 3. The predicted molar refractivity (Wildman–Crippen MR) is 88.1 cm³/mol. The zero-order valence-corrected chi connectivity index (χ0v) is 13.5. The molecule has 2 aromatic rings. The Morgan fingerprint density at radius 2 is 1.91 bits per heavy atom. The van der Waals surface area contributed by atoms with Crippen LogP contribution in [0, 0.1) is 6.92 Å². The number of aryl methyl sites for hydroxylation is 1. The molecule has 5 nitrogen and oxygen atoms in total. The van der Waals surface area contributed by atoms with Gasteiger partial charge in [0.15, 0.2) is 6.54 Å². The van der Waals surface area contributed by atoms with Crippen molar-refractivity contribution in [3.8, 4) is 0 Å². The summed E-state index contributed by atoms with van der Waals surface area (Å²) in [5.74, 6) is -0.661. The molecule has 1 unspecified atom stereocenters. The number of anilines is 1. The van der Waals surface area contributed by atoms with Gasteiger partial charge in [0.1, 0.15) is 11.5 Å². The lowest BCUT2D eigenvalue weighted by Crippen LogP contribution is -3.08. The number of likely N-dealkylation sites (N-methyl/N-ethyl adjacent to an activating group) is 1. The van der Waals surface area contributed by atoms with Crippen molar-refractivity contribution in [1.29, 1.82) is 0 Å². The van der Waals surface area contributed by atoms with Gasteiger partial charge < -0.3 is 16.0 Å². The third kappa shape index (κ3) is 4.41. The highest BCUT2D eigenvalue weighted by Gasteiger charge is 2.15. The third-order valence-electron chi connectivity index (χ3n) is 3.27. The lowest BCUT2D eigenvalue weighted by molar-refractivity contribution is -0.885. The highest BCUT2D eigenvalue weighted by molar-refractivity contribution is 7.14. The normalized spacial score (nSPS) is 11.9. The predicted octanol–water partition coefficient (Wildman–Crippen LogP) is 0.809. The molecule has 0 fully saturated rings. The highest BCUT2D eigenvalue weighted by atomic mass is 32.1. The summed E-state index contributed by atoms with van der Waals surface area (Å²) in [6.45, 7) is 3.13. The van der Waals surface area contributed by atoms with E-state index in [1.165, 1.54) is 22.5 Å². The topological polar surface area (TPSA) is 76.6 Å². The van der Waals surface area contributed by atoms with E-state index in [-0.39, 0.29) is 5.91 Å². The van der Waals surface area contributed by atoms with Crippen LogP contribution in [-0.2, 0) is 11.3 Å². The molecule has 0 aliphatic heterocycles. The maximum atomic E-state index is 12.1. The molecular formula is C16H20N3O2S+. The molecule has 0 bridgehead atoms. The Morgan fingerprint density at radius 1 is 1.23 bits per heavy atom. The molecule has 0 saturated carbocycles. The van der Waals surface area contributed by atoms with Crippen LogP contribution in [0.1, 0.15) is 21.5 Å². The molecule has 0 radical (unpaired) electrons. The van der Waals surface area contributed by atoms with Gasteiger partial charge in [-0.05, 0) is 18.4 Å². The van der Waals surface area contributed by atoms with Crippen molar-refractivity contribution in [2.45, 2.75) is 13.5 Å². The van der Waals surface area contributed by atoms with Gasteiger partial charge in [-0.1, -0.05) is 29.8 Å². The van der Waals surface area contributed by atoms with Crippen molar-refractivity contribution < 1.29 is 14.5 Å². The number of benzene rings is 1. The summed E-state index contributed by atoms with van der Waals surface area (Å²) in [6, 6.07) is 9.88. The van der Waals surface area contributed by atoms with E-state index in [1.807, 2.05) is 14.0 Å². The summed E-state index contributed by atoms with van der Waals surface area (Å²) in [5.41, 5.74) is 8.02. The van der Waals surface area contributed by atoms with E-state index in [9.17, 15) is 9.59 Å². The number of hydrogen-bond acceptors (Lipinski definition) is 3.